The highest BCUT2D eigenvalue weighted by molar-refractivity contribution is 6.03. The van der Waals surface area contributed by atoms with Crippen molar-refractivity contribution in [2.75, 3.05) is 25.5 Å². The molecule has 0 saturated carbocycles. The summed E-state index contributed by atoms with van der Waals surface area (Å²) in [7, 11) is 1.62. The molecule has 1 aliphatic rings. The molecule has 1 aromatic heterocycles. The third-order valence-corrected chi connectivity index (χ3v) is 4.48. The first-order chi connectivity index (χ1) is 11.6. The summed E-state index contributed by atoms with van der Waals surface area (Å²) in [6, 6.07) is 5.84. The number of methoxy groups -OCH3 is 1. The van der Waals surface area contributed by atoms with Crippen molar-refractivity contribution in [3.05, 3.63) is 35.2 Å². The second kappa shape index (κ2) is 7.00. The van der Waals surface area contributed by atoms with Crippen LogP contribution in [0.1, 0.15) is 40.6 Å². The number of anilines is 1. The van der Waals surface area contributed by atoms with Gasteiger partial charge in [0.05, 0.1) is 18.8 Å². The predicted octanol–water partition coefficient (Wildman–Crippen LogP) is 2.08. The molecule has 2 heterocycles. The largest absolute Gasteiger partial charge is 0.497 e. The van der Waals surface area contributed by atoms with Gasteiger partial charge >= 0.3 is 0 Å². The third kappa shape index (κ3) is 3.26. The number of piperidine rings is 1. The molecule has 128 valence electrons. The Morgan fingerprint density at radius 1 is 1.33 bits per heavy atom. The molecule has 7 heteroatoms. The van der Waals surface area contributed by atoms with Gasteiger partial charge in [0.2, 0.25) is 0 Å². The summed E-state index contributed by atoms with van der Waals surface area (Å²) in [5.74, 6) is 0.527. The minimum atomic E-state index is -0.235. The van der Waals surface area contributed by atoms with Crippen LogP contribution >= 0.6 is 0 Å². The number of carbonyl (C=O) groups excluding carboxylic acids is 1. The van der Waals surface area contributed by atoms with Crippen molar-refractivity contribution in [2.24, 2.45) is 0 Å². The van der Waals surface area contributed by atoms with E-state index in [2.05, 4.69) is 20.9 Å². The highest BCUT2D eigenvalue weighted by Crippen LogP contribution is 2.23. The lowest BCUT2D eigenvalue weighted by molar-refractivity contribution is 0.102. The summed E-state index contributed by atoms with van der Waals surface area (Å²) in [6.45, 7) is 5.77. The Hall–Kier alpha value is -2.41. The van der Waals surface area contributed by atoms with Crippen molar-refractivity contribution in [1.29, 1.82) is 0 Å². The van der Waals surface area contributed by atoms with Crippen LogP contribution in [-0.4, -0.2) is 41.1 Å². The van der Waals surface area contributed by atoms with Crippen molar-refractivity contribution in [1.82, 2.24) is 20.3 Å². The van der Waals surface area contributed by atoms with Gasteiger partial charge in [-0.15, -0.1) is 5.10 Å². The predicted molar refractivity (Wildman–Crippen MR) is 91.6 cm³/mol. The van der Waals surface area contributed by atoms with Crippen molar-refractivity contribution in [2.45, 2.75) is 32.7 Å². The Bertz CT molecular complexity index is 735. The van der Waals surface area contributed by atoms with Gasteiger partial charge in [-0.2, -0.15) is 0 Å². The molecule has 1 aliphatic heterocycles. The summed E-state index contributed by atoms with van der Waals surface area (Å²) in [4.78, 5) is 12.6. The zero-order chi connectivity index (χ0) is 17.1. The van der Waals surface area contributed by atoms with E-state index in [0.717, 1.165) is 48.6 Å². The fraction of sp³-hybridized carbons (Fsp3) is 0.471. The molecular formula is C17H23N5O2. The van der Waals surface area contributed by atoms with Crippen molar-refractivity contribution >= 4 is 11.6 Å². The first-order valence-corrected chi connectivity index (χ1v) is 8.18. The number of nitrogens with one attached hydrogen (secondary N) is 2. The molecule has 2 N–H and O–H groups in total. The van der Waals surface area contributed by atoms with Gasteiger partial charge in [0, 0.05) is 5.69 Å². The number of aromatic nitrogens is 3. The standard InChI is InChI=1S/C17H23N5O2/c1-11-10-14(24-3)4-5-15(11)19-17(23)16-12(2)22(21-20-16)13-6-8-18-9-7-13/h4-5,10,13,18H,6-9H2,1-3H3,(H,19,23). The minimum Gasteiger partial charge on any atom is -0.497 e. The quantitative estimate of drug-likeness (QED) is 0.897. The lowest BCUT2D eigenvalue weighted by atomic mass is 10.1. The first kappa shape index (κ1) is 16.4. The van der Waals surface area contributed by atoms with Gasteiger partial charge in [-0.1, -0.05) is 5.21 Å². The maximum atomic E-state index is 12.6. The number of hydrogen-bond acceptors (Lipinski definition) is 5. The number of hydrogen-bond donors (Lipinski definition) is 2. The van der Waals surface area contributed by atoms with Crippen molar-refractivity contribution in [3.63, 3.8) is 0 Å². The molecule has 1 fully saturated rings. The monoisotopic (exact) mass is 329 g/mol. The van der Waals surface area contributed by atoms with E-state index < -0.39 is 0 Å². The van der Waals surface area contributed by atoms with Crippen LogP contribution in [0.4, 0.5) is 5.69 Å². The van der Waals surface area contributed by atoms with Crippen LogP contribution in [0.3, 0.4) is 0 Å². The maximum Gasteiger partial charge on any atom is 0.278 e. The number of rotatable bonds is 4. The molecule has 1 saturated heterocycles. The van der Waals surface area contributed by atoms with Crippen LogP contribution in [0.2, 0.25) is 0 Å². The number of nitrogens with zero attached hydrogens (tertiary/aromatic N) is 3. The smallest absolute Gasteiger partial charge is 0.278 e. The van der Waals surface area contributed by atoms with Crippen molar-refractivity contribution in [3.8, 4) is 5.75 Å². The highest BCUT2D eigenvalue weighted by atomic mass is 16.5. The molecule has 2 aromatic rings. The molecule has 0 bridgehead atoms. The fourth-order valence-electron chi connectivity index (χ4n) is 3.03. The second-order valence-electron chi connectivity index (χ2n) is 6.08. The molecule has 7 nitrogen and oxygen atoms in total. The summed E-state index contributed by atoms with van der Waals surface area (Å²) in [6.07, 6.45) is 2.01. The second-order valence-corrected chi connectivity index (χ2v) is 6.08. The van der Waals surface area contributed by atoms with Crippen LogP contribution in [0.25, 0.3) is 0 Å². The van der Waals surface area contributed by atoms with E-state index in [0.29, 0.717) is 11.7 Å². The van der Waals surface area contributed by atoms with E-state index in [1.807, 2.05) is 36.7 Å². The average molecular weight is 329 g/mol. The SMILES string of the molecule is COc1ccc(NC(=O)c2nnn(C3CCNCC3)c2C)c(C)c1. The van der Waals surface area contributed by atoms with Crippen LogP contribution in [0.15, 0.2) is 18.2 Å². The van der Waals surface area contributed by atoms with E-state index >= 15 is 0 Å². The van der Waals surface area contributed by atoms with Gasteiger partial charge in [0.25, 0.3) is 5.91 Å². The van der Waals surface area contributed by atoms with Gasteiger partial charge in [0.15, 0.2) is 5.69 Å². The number of ether oxygens (including phenoxy) is 1. The first-order valence-electron chi connectivity index (χ1n) is 8.18. The molecule has 0 aliphatic carbocycles. The number of carbonyl (C=O) groups is 1. The molecule has 0 spiro atoms. The normalized spacial score (nSPS) is 15.3. The van der Waals surface area contributed by atoms with E-state index in [1.54, 1.807) is 7.11 Å². The Morgan fingerprint density at radius 2 is 2.08 bits per heavy atom. The zero-order valence-corrected chi connectivity index (χ0v) is 14.3. The molecule has 24 heavy (non-hydrogen) atoms. The van der Waals surface area contributed by atoms with E-state index in [4.69, 9.17) is 4.74 Å². The Morgan fingerprint density at radius 3 is 2.75 bits per heavy atom. The lowest BCUT2D eigenvalue weighted by Crippen LogP contribution is -2.30. The van der Waals surface area contributed by atoms with E-state index in [-0.39, 0.29) is 5.91 Å². The Kier molecular flexibility index (Phi) is 4.80. The molecule has 0 atom stereocenters. The van der Waals surface area contributed by atoms with Gasteiger partial charge < -0.3 is 15.4 Å². The molecule has 1 amide bonds. The summed E-state index contributed by atoms with van der Waals surface area (Å²) in [5, 5.41) is 14.6. The van der Waals surface area contributed by atoms with Crippen LogP contribution in [0, 0.1) is 13.8 Å². The van der Waals surface area contributed by atoms with Crippen LogP contribution in [-0.2, 0) is 0 Å². The molecular weight excluding hydrogens is 306 g/mol. The van der Waals surface area contributed by atoms with Crippen molar-refractivity contribution < 1.29 is 9.53 Å². The van der Waals surface area contributed by atoms with Gasteiger partial charge in [-0.3, -0.25) is 4.79 Å². The van der Waals surface area contributed by atoms with Gasteiger partial charge in [-0.05, 0) is 63.5 Å². The molecule has 3 rings (SSSR count). The van der Waals surface area contributed by atoms with Gasteiger partial charge in [-0.25, -0.2) is 4.68 Å². The number of amides is 1. The molecule has 0 radical (unpaired) electrons. The topological polar surface area (TPSA) is 81.1 Å². The minimum absolute atomic E-state index is 0.235. The van der Waals surface area contributed by atoms with E-state index in [1.165, 1.54) is 0 Å². The number of benzene rings is 1. The number of aryl methyl sites for hydroxylation is 1. The lowest BCUT2D eigenvalue weighted by Gasteiger charge is -2.23. The average Bonchev–Trinajstić information content (AvgIpc) is 2.99. The maximum absolute atomic E-state index is 12.6. The molecule has 0 unspecified atom stereocenters. The zero-order valence-electron chi connectivity index (χ0n) is 14.3. The highest BCUT2D eigenvalue weighted by Gasteiger charge is 2.23. The molecule has 1 aromatic carbocycles. The Balaban J connectivity index is 1.77. The van der Waals surface area contributed by atoms with Gasteiger partial charge in [0.1, 0.15) is 5.75 Å². The fourth-order valence-corrected chi connectivity index (χ4v) is 3.03. The summed E-state index contributed by atoms with van der Waals surface area (Å²) in [5.41, 5.74) is 2.87. The Labute approximate surface area is 141 Å². The van der Waals surface area contributed by atoms with Crippen LogP contribution < -0.4 is 15.4 Å². The summed E-state index contributed by atoms with van der Waals surface area (Å²) >= 11 is 0. The van der Waals surface area contributed by atoms with Crippen LogP contribution in [0.5, 0.6) is 5.75 Å². The third-order valence-electron chi connectivity index (χ3n) is 4.48. The summed E-state index contributed by atoms with van der Waals surface area (Å²) < 4.78 is 7.07. The van der Waals surface area contributed by atoms with E-state index in [9.17, 15) is 4.79 Å².